The van der Waals surface area contributed by atoms with Gasteiger partial charge in [0.25, 0.3) is 0 Å². The minimum Gasteiger partial charge on any atom is -0.497 e. The molecule has 0 aliphatic carbocycles. The zero-order chi connectivity index (χ0) is 25.5. The van der Waals surface area contributed by atoms with Gasteiger partial charge >= 0.3 is 0 Å². The largest absolute Gasteiger partial charge is 0.497 e. The summed E-state index contributed by atoms with van der Waals surface area (Å²) >= 11 is 6.20. The van der Waals surface area contributed by atoms with Crippen molar-refractivity contribution in [1.82, 2.24) is 10.2 Å². The average Bonchev–Trinajstić information content (AvgIpc) is 2.80. The molecule has 1 atom stereocenters. The maximum atomic E-state index is 13.5. The van der Waals surface area contributed by atoms with Crippen LogP contribution in [0.15, 0.2) is 42.5 Å². The molecule has 0 aliphatic rings. The number of rotatable bonds is 11. The molecule has 0 spiro atoms. The highest BCUT2D eigenvalue weighted by Crippen LogP contribution is 2.25. The van der Waals surface area contributed by atoms with E-state index < -0.39 is 28.5 Å². The monoisotopic (exact) mass is 509 g/mol. The number of aryl methyl sites for hydroxylation is 1. The van der Waals surface area contributed by atoms with Crippen LogP contribution in [0.4, 0.5) is 5.69 Å². The number of anilines is 1. The summed E-state index contributed by atoms with van der Waals surface area (Å²) < 4.78 is 31.4. The molecule has 2 rings (SSSR count). The van der Waals surface area contributed by atoms with Gasteiger partial charge in [-0.25, -0.2) is 8.42 Å². The summed E-state index contributed by atoms with van der Waals surface area (Å²) in [6, 6.07) is 11.1. The molecule has 8 nitrogen and oxygen atoms in total. The van der Waals surface area contributed by atoms with Crippen LogP contribution in [0.25, 0.3) is 0 Å². The van der Waals surface area contributed by atoms with Crippen LogP contribution in [0, 0.1) is 6.92 Å². The Morgan fingerprint density at radius 3 is 2.47 bits per heavy atom. The first kappa shape index (κ1) is 27.5. The maximum Gasteiger partial charge on any atom is 0.244 e. The van der Waals surface area contributed by atoms with Gasteiger partial charge in [-0.1, -0.05) is 36.7 Å². The van der Waals surface area contributed by atoms with Crippen molar-refractivity contribution in [2.45, 2.75) is 39.8 Å². The Bertz CT molecular complexity index is 1120. The zero-order valence-electron chi connectivity index (χ0n) is 20.2. The molecule has 0 saturated carbocycles. The topological polar surface area (TPSA) is 96.0 Å². The molecule has 10 heteroatoms. The molecule has 1 N–H and O–H groups in total. The number of carbonyl (C=O) groups is 2. The lowest BCUT2D eigenvalue weighted by atomic mass is 10.1. The van der Waals surface area contributed by atoms with Gasteiger partial charge in [0.1, 0.15) is 18.3 Å². The van der Waals surface area contributed by atoms with Gasteiger partial charge in [0.15, 0.2) is 0 Å². The summed E-state index contributed by atoms with van der Waals surface area (Å²) in [5.74, 6) is -0.230. The molecule has 2 aromatic carbocycles. The SMILES string of the molecule is CCCNC(=O)C(C)N(Cc1cccc(OC)c1)C(=O)CN(c1ccc(C)c(Cl)c1)S(C)(=O)=O. The highest BCUT2D eigenvalue weighted by Gasteiger charge is 2.30. The first-order valence-corrected chi connectivity index (χ1v) is 13.1. The number of nitrogens with zero attached hydrogens (tertiary/aromatic N) is 2. The molecule has 2 aromatic rings. The molecule has 0 saturated heterocycles. The average molecular weight is 510 g/mol. The predicted octanol–water partition coefficient (Wildman–Crippen LogP) is 3.37. The number of sulfonamides is 1. The molecule has 0 aliphatic heterocycles. The molecular formula is C24H32ClN3O5S. The van der Waals surface area contributed by atoms with Crippen LogP contribution in [-0.4, -0.2) is 57.6 Å². The van der Waals surface area contributed by atoms with Crippen molar-refractivity contribution in [3.05, 3.63) is 58.6 Å². The van der Waals surface area contributed by atoms with E-state index in [1.807, 2.05) is 13.0 Å². The third-order valence-electron chi connectivity index (χ3n) is 5.33. The highest BCUT2D eigenvalue weighted by molar-refractivity contribution is 7.92. The summed E-state index contributed by atoms with van der Waals surface area (Å²) in [5, 5.41) is 3.19. The molecule has 0 radical (unpaired) electrons. The van der Waals surface area contributed by atoms with Crippen LogP contribution in [0.1, 0.15) is 31.4 Å². The third kappa shape index (κ3) is 7.36. The number of methoxy groups -OCH3 is 1. The maximum absolute atomic E-state index is 13.5. The molecule has 0 fully saturated rings. The van der Waals surface area contributed by atoms with E-state index in [9.17, 15) is 18.0 Å². The fraction of sp³-hybridized carbons (Fsp3) is 0.417. The third-order valence-corrected chi connectivity index (χ3v) is 6.87. The second kappa shape index (κ2) is 12.1. The van der Waals surface area contributed by atoms with Gasteiger partial charge in [0.2, 0.25) is 21.8 Å². The summed E-state index contributed by atoms with van der Waals surface area (Å²) in [7, 11) is -2.27. The van der Waals surface area contributed by atoms with Crippen LogP contribution in [0.3, 0.4) is 0 Å². The van der Waals surface area contributed by atoms with Gasteiger partial charge in [-0.15, -0.1) is 0 Å². The van der Waals surface area contributed by atoms with Gasteiger partial charge in [0.05, 0.1) is 19.1 Å². The smallest absolute Gasteiger partial charge is 0.244 e. The van der Waals surface area contributed by atoms with Crippen molar-refractivity contribution in [3.8, 4) is 5.75 Å². The normalized spacial score (nSPS) is 12.1. The predicted molar refractivity (Wildman–Crippen MR) is 135 cm³/mol. The number of carbonyl (C=O) groups excluding carboxylic acids is 2. The second-order valence-electron chi connectivity index (χ2n) is 8.04. The van der Waals surface area contributed by atoms with Gasteiger partial charge in [-0.3, -0.25) is 13.9 Å². The van der Waals surface area contributed by atoms with Crippen molar-refractivity contribution in [2.75, 3.05) is 30.8 Å². The second-order valence-corrected chi connectivity index (χ2v) is 10.4. The number of hydrogen-bond acceptors (Lipinski definition) is 5. The molecule has 0 bridgehead atoms. The van der Waals surface area contributed by atoms with E-state index >= 15 is 0 Å². The van der Waals surface area contributed by atoms with Gasteiger partial charge in [0, 0.05) is 18.1 Å². The number of hydrogen-bond donors (Lipinski definition) is 1. The lowest BCUT2D eigenvalue weighted by Gasteiger charge is -2.31. The summed E-state index contributed by atoms with van der Waals surface area (Å²) in [6.07, 6.45) is 1.77. The van der Waals surface area contributed by atoms with Crippen molar-refractivity contribution >= 4 is 39.1 Å². The van der Waals surface area contributed by atoms with E-state index in [1.54, 1.807) is 51.3 Å². The summed E-state index contributed by atoms with van der Waals surface area (Å²) in [6.45, 7) is 5.45. The number of amides is 2. The van der Waals surface area contributed by atoms with E-state index in [0.29, 0.717) is 17.3 Å². The number of benzene rings is 2. The summed E-state index contributed by atoms with van der Waals surface area (Å²) in [5.41, 5.74) is 1.80. The highest BCUT2D eigenvalue weighted by atomic mass is 35.5. The van der Waals surface area contributed by atoms with E-state index in [4.69, 9.17) is 16.3 Å². The van der Waals surface area contributed by atoms with Crippen molar-refractivity contribution in [1.29, 1.82) is 0 Å². The van der Waals surface area contributed by atoms with Crippen molar-refractivity contribution in [3.63, 3.8) is 0 Å². The van der Waals surface area contributed by atoms with Crippen molar-refractivity contribution in [2.24, 2.45) is 0 Å². The van der Waals surface area contributed by atoms with Gasteiger partial charge < -0.3 is 15.0 Å². The van der Waals surface area contributed by atoms with E-state index in [-0.39, 0.29) is 18.1 Å². The number of ether oxygens (including phenoxy) is 1. The molecular weight excluding hydrogens is 478 g/mol. The van der Waals surface area contributed by atoms with Crippen LogP contribution in [0.2, 0.25) is 5.02 Å². The van der Waals surface area contributed by atoms with Gasteiger partial charge in [-0.2, -0.15) is 0 Å². The standard InChI is InChI=1S/C24H32ClN3O5S/c1-6-12-26-24(30)18(3)27(15-19-8-7-9-21(13-19)33-4)23(29)16-28(34(5,31)32)20-11-10-17(2)22(25)14-20/h7-11,13-14,18H,6,12,15-16H2,1-5H3,(H,26,30). The molecule has 0 heterocycles. The number of halogens is 1. The van der Waals surface area contributed by atoms with E-state index in [0.717, 1.165) is 28.1 Å². The van der Waals surface area contributed by atoms with Crippen LogP contribution in [0.5, 0.6) is 5.75 Å². The molecule has 2 amide bonds. The quantitative estimate of drug-likeness (QED) is 0.501. The Kier molecular flexibility index (Phi) is 9.76. The first-order chi connectivity index (χ1) is 16.0. The summed E-state index contributed by atoms with van der Waals surface area (Å²) in [4.78, 5) is 27.6. The molecule has 34 heavy (non-hydrogen) atoms. The van der Waals surface area contributed by atoms with Crippen LogP contribution in [-0.2, 0) is 26.2 Å². The van der Waals surface area contributed by atoms with Crippen LogP contribution < -0.4 is 14.4 Å². The zero-order valence-corrected chi connectivity index (χ0v) is 21.7. The molecule has 0 aromatic heterocycles. The fourth-order valence-corrected chi connectivity index (χ4v) is 4.31. The fourth-order valence-electron chi connectivity index (χ4n) is 3.30. The molecule has 1 unspecified atom stereocenters. The van der Waals surface area contributed by atoms with Crippen LogP contribution >= 0.6 is 11.6 Å². The lowest BCUT2D eigenvalue weighted by Crippen LogP contribution is -2.51. The Hall–Kier alpha value is -2.78. The first-order valence-electron chi connectivity index (χ1n) is 10.9. The Morgan fingerprint density at radius 2 is 1.88 bits per heavy atom. The minimum atomic E-state index is -3.81. The van der Waals surface area contributed by atoms with E-state index in [2.05, 4.69) is 5.32 Å². The Balaban J connectivity index is 2.40. The van der Waals surface area contributed by atoms with E-state index in [1.165, 1.54) is 11.0 Å². The Morgan fingerprint density at radius 1 is 1.18 bits per heavy atom. The molecule has 186 valence electrons. The Labute approximate surface area is 206 Å². The van der Waals surface area contributed by atoms with Gasteiger partial charge in [-0.05, 0) is 55.7 Å². The van der Waals surface area contributed by atoms with Crippen molar-refractivity contribution < 1.29 is 22.7 Å². The number of nitrogens with one attached hydrogen (secondary N) is 1. The lowest BCUT2D eigenvalue weighted by molar-refractivity contribution is -0.139. The minimum absolute atomic E-state index is 0.100.